The zero-order valence-corrected chi connectivity index (χ0v) is 19.5. The highest BCUT2D eigenvalue weighted by atomic mass is 32.1. The summed E-state index contributed by atoms with van der Waals surface area (Å²) in [5.41, 5.74) is 5.29. The lowest BCUT2D eigenvalue weighted by Gasteiger charge is -2.40. The fraction of sp³-hybridized carbons (Fsp3) is 0.259. The van der Waals surface area contributed by atoms with Gasteiger partial charge in [-0.15, -0.1) is 0 Å². The minimum absolute atomic E-state index is 0.113. The van der Waals surface area contributed by atoms with Gasteiger partial charge in [0.25, 0.3) is 0 Å². The molecule has 0 radical (unpaired) electrons. The van der Waals surface area contributed by atoms with E-state index in [0.29, 0.717) is 22.5 Å². The summed E-state index contributed by atoms with van der Waals surface area (Å²) >= 11 is 1.05. The van der Waals surface area contributed by atoms with Crippen LogP contribution in [-0.4, -0.2) is 12.9 Å². The van der Waals surface area contributed by atoms with E-state index in [2.05, 4.69) is 43.4 Å². The number of ether oxygens (including phenoxy) is 1. The van der Waals surface area contributed by atoms with E-state index in [0.717, 1.165) is 56.5 Å². The second kappa shape index (κ2) is 7.06. The zero-order valence-electron chi connectivity index (χ0n) is 18.7. The van der Waals surface area contributed by atoms with E-state index in [1.807, 2.05) is 24.3 Å². The number of hydrogen-bond donors (Lipinski definition) is 1. The van der Waals surface area contributed by atoms with Gasteiger partial charge in [-0.3, -0.25) is 4.79 Å². The fourth-order valence-electron chi connectivity index (χ4n) is 5.37. The van der Waals surface area contributed by atoms with Crippen molar-refractivity contribution < 1.29 is 13.9 Å². The summed E-state index contributed by atoms with van der Waals surface area (Å²) in [6, 6.07) is 16.0. The molecule has 1 atom stereocenters. The fourth-order valence-corrected chi connectivity index (χ4v) is 6.11. The van der Waals surface area contributed by atoms with E-state index < -0.39 is 0 Å². The number of rotatable bonds is 2. The van der Waals surface area contributed by atoms with E-state index >= 15 is 0 Å². The summed E-state index contributed by atoms with van der Waals surface area (Å²) in [7, 11) is 1.56. The molecule has 0 saturated carbocycles. The first-order chi connectivity index (χ1) is 15.8. The average Bonchev–Trinajstić information content (AvgIpc) is 3.16. The van der Waals surface area contributed by atoms with E-state index in [9.17, 15) is 9.59 Å². The molecule has 166 valence electrons. The minimum Gasteiger partial charge on any atom is -0.493 e. The molecule has 3 aromatic carbocycles. The van der Waals surface area contributed by atoms with Crippen LogP contribution in [0.25, 0.3) is 26.6 Å². The van der Waals surface area contributed by atoms with Gasteiger partial charge in [0.15, 0.2) is 17.1 Å². The topological polar surface area (TPSA) is 68.5 Å². The average molecular weight is 458 g/mol. The Morgan fingerprint density at radius 1 is 1.09 bits per heavy atom. The summed E-state index contributed by atoms with van der Waals surface area (Å²) in [5, 5.41) is 5.96. The van der Waals surface area contributed by atoms with Gasteiger partial charge in [0.1, 0.15) is 0 Å². The standard InChI is InChI=1S/C27H23NO4S/c1-27(2)12-17-22-16-7-5-4-6-14(16)8-9-18(22)28-24(23(17)19(29)13-27)15-10-20(31-3)25-21(11-15)33-26(30)32-25/h4-11,24,28H,12-13H2,1-3H3/t24-/m1/s1. The number of fused-ring (bicyclic) bond motifs is 5. The van der Waals surface area contributed by atoms with Crippen LogP contribution >= 0.6 is 11.3 Å². The molecule has 0 bridgehead atoms. The van der Waals surface area contributed by atoms with Crippen LogP contribution in [0.4, 0.5) is 5.69 Å². The third-order valence-corrected chi connectivity index (χ3v) is 7.49. The van der Waals surface area contributed by atoms with Gasteiger partial charge in [0.2, 0.25) is 0 Å². The molecular formula is C27H23NO4S. The molecule has 0 amide bonds. The molecule has 33 heavy (non-hydrogen) atoms. The maximum absolute atomic E-state index is 13.6. The number of allylic oxidation sites excluding steroid dienone is 1. The smallest absolute Gasteiger partial charge is 0.396 e. The van der Waals surface area contributed by atoms with Crippen molar-refractivity contribution in [1.29, 1.82) is 0 Å². The van der Waals surface area contributed by atoms with Gasteiger partial charge in [-0.25, -0.2) is 4.79 Å². The maximum atomic E-state index is 13.6. The molecule has 0 fully saturated rings. The Hall–Kier alpha value is -3.38. The van der Waals surface area contributed by atoms with Gasteiger partial charge < -0.3 is 14.5 Å². The van der Waals surface area contributed by atoms with Crippen molar-refractivity contribution in [2.24, 2.45) is 5.41 Å². The highest BCUT2D eigenvalue weighted by molar-refractivity contribution is 7.16. The van der Waals surface area contributed by atoms with E-state index in [1.165, 1.54) is 0 Å². The quantitative estimate of drug-likeness (QED) is 0.381. The van der Waals surface area contributed by atoms with Crippen LogP contribution in [0.5, 0.6) is 5.75 Å². The van der Waals surface area contributed by atoms with Crippen molar-refractivity contribution >= 4 is 49.4 Å². The molecule has 1 aliphatic carbocycles. The largest absolute Gasteiger partial charge is 0.493 e. The summed E-state index contributed by atoms with van der Waals surface area (Å²) in [5.74, 6) is 0.662. The van der Waals surface area contributed by atoms with Crippen LogP contribution in [0, 0.1) is 5.41 Å². The van der Waals surface area contributed by atoms with Gasteiger partial charge in [-0.2, -0.15) is 0 Å². The van der Waals surface area contributed by atoms with Crippen LogP contribution < -0.4 is 15.0 Å². The monoisotopic (exact) mass is 457 g/mol. The Kier molecular flexibility index (Phi) is 4.33. The second-order valence-electron chi connectivity index (χ2n) is 9.62. The molecule has 0 unspecified atom stereocenters. The normalized spacial score (nSPS) is 19.4. The molecule has 1 aromatic heterocycles. The van der Waals surface area contributed by atoms with E-state index in [-0.39, 0.29) is 22.2 Å². The number of ketones is 1. The number of Topliss-reactive ketones (excluding diaryl/α,β-unsaturated/α-hetero) is 1. The zero-order chi connectivity index (χ0) is 22.9. The third-order valence-electron chi connectivity index (χ3n) is 6.71. The third kappa shape index (κ3) is 3.12. The van der Waals surface area contributed by atoms with Crippen molar-refractivity contribution in [3.8, 4) is 5.75 Å². The Balaban J connectivity index is 1.64. The number of benzene rings is 3. The van der Waals surface area contributed by atoms with Gasteiger partial charge >= 0.3 is 4.94 Å². The van der Waals surface area contributed by atoms with Crippen molar-refractivity contribution in [2.75, 3.05) is 12.4 Å². The van der Waals surface area contributed by atoms with Gasteiger partial charge in [0, 0.05) is 23.2 Å². The van der Waals surface area contributed by atoms with Crippen LogP contribution in [0.15, 0.2) is 63.3 Å². The van der Waals surface area contributed by atoms with Crippen molar-refractivity contribution in [3.63, 3.8) is 0 Å². The van der Waals surface area contributed by atoms with Crippen LogP contribution in [0.3, 0.4) is 0 Å². The first-order valence-corrected chi connectivity index (χ1v) is 11.8. The molecule has 6 heteroatoms. The lowest BCUT2D eigenvalue weighted by molar-refractivity contribution is -0.118. The highest BCUT2D eigenvalue weighted by Gasteiger charge is 2.41. The molecule has 0 saturated heterocycles. The summed E-state index contributed by atoms with van der Waals surface area (Å²) in [6.45, 7) is 4.32. The first-order valence-electron chi connectivity index (χ1n) is 11.0. The molecule has 6 rings (SSSR count). The Labute approximate surface area is 194 Å². The van der Waals surface area contributed by atoms with Gasteiger partial charge in [-0.05, 0) is 51.9 Å². The Morgan fingerprint density at radius 3 is 2.73 bits per heavy atom. The SMILES string of the molecule is COc1cc([C@H]2Nc3ccc4ccccc4c3C3=C2C(=O)CC(C)(C)C3)cc2sc(=O)oc12. The maximum Gasteiger partial charge on any atom is 0.396 e. The van der Waals surface area contributed by atoms with Crippen LogP contribution in [0.2, 0.25) is 0 Å². The number of carbonyl (C=O) groups is 1. The Bertz CT molecular complexity index is 1560. The molecule has 4 aromatic rings. The van der Waals surface area contributed by atoms with Gasteiger partial charge in [-0.1, -0.05) is 55.5 Å². The predicted molar refractivity (Wildman–Crippen MR) is 132 cm³/mol. The van der Waals surface area contributed by atoms with Crippen LogP contribution in [0.1, 0.15) is 43.9 Å². The molecular weight excluding hydrogens is 434 g/mol. The number of anilines is 1. The molecule has 5 nitrogen and oxygen atoms in total. The molecule has 2 heterocycles. The lowest BCUT2D eigenvalue weighted by atomic mass is 9.68. The lowest BCUT2D eigenvalue weighted by Crippen LogP contribution is -2.33. The molecule has 1 N–H and O–H groups in total. The molecule has 0 spiro atoms. The van der Waals surface area contributed by atoms with Crippen molar-refractivity contribution in [2.45, 2.75) is 32.7 Å². The van der Waals surface area contributed by atoms with E-state index in [1.54, 1.807) is 7.11 Å². The van der Waals surface area contributed by atoms with E-state index in [4.69, 9.17) is 9.15 Å². The second-order valence-corrected chi connectivity index (χ2v) is 10.6. The summed E-state index contributed by atoms with van der Waals surface area (Å²) in [6.07, 6.45) is 1.33. The number of hydrogen-bond acceptors (Lipinski definition) is 6. The van der Waals surface area contributed by atoms with Gasteiger partial charge in [0.05, 0.1) is 17.9 Å². The van der Waals surface area contributed by atoms with Crippen molar-refractivity contribution in [3.05, 3.63) is 75.0 Å². The molecule has 1 aliphatic heterocycles. The van der Waals surface area contributed by atoms with Crippen molar-refractivity contribution in [1.82, 2.24) is 0 Å². The Morgan fingerprint density at radius 2 is 1.91 bits per heavy atom. The number of nitrogens with one attached hydrogen (secondary N) is 1. The summed E-state index contributed by atoms with van der Waals surface area (Å²) < 4.78 is 11.6. The number of methoxy groups -OCH3 is 1. The first kappa shape index (κ1) is 20.2. The predicted octanol–water partition coefficient (Wildman–Crippen LogP) is 6.33. The van der Waals surface area contributed by atoms with Crippen LogP contribution in [-0.2, 0) is 4.79 Å². The highest BCUT2D eigenvalue weighted by Crippen LogP contribution is 2.52. The number of carbonyl (C=O) groups excluding carboxylic acids is 1. The minimum atomic E-state index is -0.371. The molecule has 2 aliphatic rings. The summed E-state index contributed by atoms with van der Waals surface area (Å²) in [4.78, 5) is 25.1.